The van der Waals surface area contributed by atoms with E-state index in [4.69, 9.17) is 31.4 Å². The molecule has 0 amide bonds. The zero-order chi connectivity index (χ0) is 45.4. The van der Waals surface area contributed by atoms with E-state index in [1.165, 1.54) is 212 Å². The molecule has 0 fully saturated rings. The van der Waals surface area contributed by atoms with Gasteiger partial charge >= 0.3 is 0 Å². The van der Waals surface area contributed by atoms with Crippen molar-refractivity contribution in [2.75, 3.05) is 26.3 Å². The number of carbonyl (C=O) groups excluding carboxylic acids is 2. The first-order valence-electron chi connectivity index (χ1n) is 24.5. The molecule has 356 valence electrons. The molecule has 0 aromatic carbocycles. The monoisotopic (exact) mass is 835 g/mol. The molecular formula is C49H110N4O5. The van der Waals surface area contributed by atoms with Gasteiger partial charge in [-0.05, 0) is 45.2 Å². The molecule has 0 radical (unpaired) electrons. The maximum Gasteiger partial charge on any atom is 0.106 e. The highest BCUT2D eigenvalue weighted by Crippen LogP contribution is 2.14. The normalized spacial score (nSPS) is 10.1. The van der Waals surface area contributed by atoms with E-state index in [1.54, 1.807) is 0 Å². The molecule has 0 atom stereocenters. The summed E-state index contributed by atoms with van der Waals surface area (Å²) in [6, 6.07) is 0. The SMILES string of the molecule is C=O.C=O.CC.CCCCCCCCC(O)CCCCCCCC.CCCCCCCCCO.CCCCCCCCNCCCCCCCC.NN/C=C(\N)CO. The van der Waals surface area contributed by atoms with E-state index in [-0.39, 0.29) is 12.7 Å². The zero-order valence-electron chi connectivity index (χ0n) is 40.5. The highest BCUT2D eigenvalue weighted by molar-refractivity contribution is 5.11. The van der Waals surface area contributed by atoms with E-state index in [1.807, 2.05) is 27.4 Å². The van der Waals surface area contributed by atoms with Crippen molar-refractivity contribution < 1.29 is 24.9 Å². The van der Waals surface area contributed by atoms with Crippen LogP contribution in [0.3, 0.4) is 0 Å². The van der Waals surface area contributed by atoms with Crippen molar-refractivity contribution in [3.05, 3.63) is 11.9 Å². The number of aliphatic hydroxyl groups is 3. The van der Waals surface area contributed by atoms with E-state index < -0.39 is 0 Å². The molecule has 9 nitrogen and oxygen atoms in total. The van der Waals surface area contributed by atoms with Crippen LogP contribution in [-0.4, -0.2) is 61.3 Å². The lowest BCUT2D eigenvalue weighted by molar-refractivity contribution is -0.0987. The minimum atomic E-state index is -0.163. The fourth-order valence-corrected chi connectivity index (χ4v) is 5.87. The van der Waals surface area contributed by atoms with Crippen LogP contribution in [0.4, 0.5) is 0 Å². The number of hydrogen-bond acceptors (Lipinski definition) is 9. The number of nitrogens with two attached hydrogens (primary N) is 2. The van der Waals surface area contributed by atoms with Crippen molar-refractivity contribution in [3.63, 3.8) is 0 Å². The maximum atomic E-state index is 9.85. The Bertz CT molecular complexity index is 592. The Labute approximate surface area is 364 Å². The molecule has 0 aliphatic carbocycles. The molecule has 9 heteroatoms. The van der Waals surface area contributed by atoms with Gasteiger partial charge in [0.25, 0.3) is 0 Å². The Hall–Kier alpha value is -1.52. The lowest BCUT2D eigenvalue weighted by atomic mass is 10.0. The number of rotatable bonds is 37. The average molecular weight is 835 g/mol. The third-order valence-electron chi connectivity index (χ3n) is 9.41. The Morgan fingerprint density at radius 1 is 0.483 bits per heavy atom. The summed E-state index contributed by atoms with van der Waals surface area (Å²) >= 11 is 0. The van der Waals surface area contributed by atoms with Crippen LogP contribution in [0.25, 0.3) is 0 Å². The molecule has 0 aromatic rings. The van der Waals surface area contributed by atoms with Crippen molar-refractivity contribution in [2.45, 2.75) is 266 Å². The molecule has 0 saturated heterocycles. The van der Waals surface area contributed by atoms with Gasteiger partial charge in [-0.25, -0.2) is 0 Å². The van der Waals surface area contributed by atoms with Crippen LogP contribution in [0, 0.1) is 0 Å². The third kappa shape index (κ3) is 95.1. The van der Waals surface area contributed by atoms with E-state index in [0.717, 1.165) is 19.3 Å². The number of nitrogens with one attached hydrogen (secondary N) is 2. The lowest BCUT2D eigenvalue weighted by Crippen LogP contribution is -2.17. The molecule has 0 aromatic heterocycles. The van der Waals surface area contributed by atoms with Gasteiger partial charge in [0.05, 0.1) is 18.4 Å². The van der Waals surface area contributed by atoms with Crippen LogP contribution in [-0.2, 0) is 9.59 Å². The predicted molar refractivity (Wildman–Crippen MR) is 259 cm³/mol. The molecule has 0 aliphatic heterocycles. The first-order chi connectivity index (χ1) is 28.4. The second kappa shape index (κ2) is 83.2. The Morgan fingerprint density at radius 3 is 0.983 bits per heavy atom. The maximum absolute atomic E-state index is 9.85. The molecule has 0 heterocycles. The van der Waals surface area contributed by atoms with E-state index in [0.29, 0.717) is 12.3 Å². The van der Waals surface area contributed by atoms with E-state index in [2.05, 4.69) is 45.4 Å². The first kappa shape index (κ1) is 71.0. The smallest absolute Gasteiger partial charge is 0.106 e. The number of hydrazine groups is 1. The summed E-state index contributed by atoms with van der Waals surface area (Å²) in [4.78, 5) is 16.0. The fourth-order valence-electron chi connectivity index (χ4n) is 5.87. The van der Waals surface area contributed by atoms with Crippen LogP contribution >= 0.6 is 0 Å². The summed E-state index contributed by atoms with van der Waals surface area (Å²) in [5.74, 6) is 4.79. The number of aliphatic hydroxyl groups excluding tert-OH is 3. The van der Waals surface area contributed by atoms with E-state index >= 15 is 0 Å². The molecule has 58 heavy (non-hydrogen) atoms. The van der Waals surface area contributed by atoms with Gasteiger partial charge < -0.3 is 41.4 Å². The van der Waals surface area contributed by atoms with Crippen molar-refractivity contribution in [3.8, 4) is 0 Å². The lowest BCUT2D eigenvalue weighted by Gasteiger charge is -2.10. The topological polar surface area (TPSA) is 171 Å². The van der Waals surface area contributed by atoms with Gasteiger partial charge in [-0.2, -0.15) is 0 Å². The second-order valence-corrected chi connectivity index (χ2v) is 14.9. The average Bonchev–Trinajstić information content (AvgIpc) is 3.26. The molecule has 0 aliphatic rings. The van der Waals surface area contributed by atoms with Crippen LogP contribution in [0.5, 0.6) is 0 Å². The largest absolute Gasteiger partial charge is 0.399 e. The van der Waals surface area contributed by atoms with Crippen LogP contribution in [0.2, 0.25) is 0 Å². The van der Waals surface area contributed by atoms with Crippen molar-refractivity contribution in [2.24, 2.45) is 11.6 Å². The minimum absolute atomic E-state index is 0.0256. The van der Waals surface area contributed by atoms with Crippen LogP contribution in [0.15, 0.2) is 11.9 Å². The Balaban J connectivity index is -0.000000120. The number of carbonyl (C=O) groups is 2. The second-order valence-electron chi connectivity index (χ2n) is 14.9. The van der Waals surface area contributed by atoms with E-state index in [9.17, 15) is 5.11 Å². The van der Waals surface area contributed by atoms with Gasteiger partial charge in [-0.3, -0.25) is 5.84 Å². The highest BCUT2D eigenvalue weighted by atomic mass is 16.3. The first-order valence-corrected chi connectivity index (χ1v) is 24.5. The van der Waals surface area contributed by atoms with Gasteiger partial charge in [-0.1, -0.05) is 228 Å². The molecule has 0 spiro atoms. The molecule has 9 N–H and O–H groups in total. The summed E-state index contributed by atoms with van der Waals surface area (Å²) < 4.78 is 0. The highest BCUT2D eigenvalue weighted by Gasteiger charge is 2.03. The molecule has 0 unspecified atom stereocenters. The fraction of sp³-hybridized carbons (Fsp3) is 0.918. The zero-order valence-corrected chi connectivity index (χ0v) is 40.5. The van der Waals surface area contributed by atoms with Crippen LogP contribution < -0.4 is 22.3 Å². The van der Waals surface area contributed by atoms with Gasteiger partial charge in [-0.15, -0.1) is 0 Å². The Morgan fingerprint density at radius 2 is 0.741 bits per heavy atom. The minimum Gasteiger partial charge on any atom is -0.399 e. The van der Waals surface area contributed by atoms with Gasteiger partial charge in [0, 0.05) is 12.8 Å². The van der Waals surface area contributed by atoms with Crippen molar-refractivity contribution >= 4 is 13.6 Å². The van der Waals surface area contributed by atoms with Crippen molar-refractivity contribution in [1.82, 2.24) is 10.7 Å². The van der Waals surface area contributed by atoms with Gasteiger partial charge in [0.1, 0.15) is 13.6 Å². The number of unbranched alkanes of at least 4 members (excludes halogenated alkanes) is 26. The summed E-state index contributed by atoms with van der Waals surface area (Å²) in [6.07, 6.45) is 45.1. The molecule has 0 rings (SSSR count). The molecule has 0 saturated carbocycles. The summed E-state index contributed by atoms with van der Waals surface area (Å²) in [7, 11) is 0. The number of hydrogen-bond donors (Lipinski definition) is 7. The van der Waals surface area contributed by atoms with Crippen molar-refractivity contribution in [1.29, 1.82) is 0 Å². The quantitative estimate of drug-likeness (QED) is 0.0183. The molecular weight excluding hydrogens is 725 g/mol. The predicted octanol–water partition coefficient (Wildman–Crippen LogP) is 12.8. The standard InChI is InChI=1S/C17H36O.C16H35N.C9H20O.C3H9N3O.C2H6.2CH2O/c1-3-5-7-9-11-13-15-17(18)16-14-12-10-8-6-4-2;1-3-5-7-9-11-13-15-17-16-14-12-10-8-6-4-2;1-2-3-4-5-6-7-8-9-10;4-3(2-7)1-6-5;3*1-2/h17-18H,3-16H2,1-2H3;17H,3-16H2,1-2H3;10H,2-9H2,1H3;1,6-7H,2,4-5H2;1-2H3;2*1H2/b;;;3-1-;;;. The Kier molecular flexibility index (Phi) is 102. The van der Waals surface area contributed by atoms with Gasteiger partial charge in [0.15, 0.2) is 0 Å². The summed E-state index contributed by atoms with van der Waals surface area (Å²) in [5.41, 5.74) is 7.55. The molecule has 0 bridgehead atoms. The summed E-state index contributed by atoms with van der Waals surface area (Å²) in [6.45, 7) is 22.0. The third-order valence-corrected chi connectivity index (χ3v) is 9.41. The van der Waals surface area contributed by atoms with Crippen LogP contribution in [0.1, 0.15) is 260 Å². The van der Waals surface area contributed by atoms with Gasteiger partial charge in [0.2, 0.25) is 0 Å². The summed E-state index contributed by atoms with van der Waals surface area (Å²) in [5, 5.41) is 30.1.